The number of carbonyl (C=O) groups is 3. The quantitative estimate of drug-likeness (QED) is 0.254. The molecule has 0 aliphatic heterocycles. The topological polar surface area (TPSA) is 92.5 Å². The molecule has 1 aromatic carbocycles. The highest BCUT2D eigenvalue weighted by atomic mass is 35.5. The first-order valence-electron chi connectivity index (χ1n) is 14.4. The fraction of sp³-hybridized carbons (Fsp3) is 0.600. The summed E-state index contributed by atoms with van der Waals surface area (Å²) in [5.41, 5.74) is -4.01. The van der Waals surface area contributed by atoms with Crippen molar-refractivity contribution in [3.8, 4) is 0 Å². The van der Waals surface area contributed by atoms with E-state index in [-0.39, 0.29) is 71.4 Å². The fourth-order valence-electron chi connectivity index (χ4n) is 8.24. The molecule has 2 bridgehead atoms. The van der Waals surface area contributed by atoms with Gasteiger partial charge in [0, 0.05) is 6.04 Å². The van der Waals surface area contributed by atoms with Gasteiger partial charge in [0.1, 0.15) is 5.82 Å². The summed E-state index contributed by atoms with van der Waals surface area (Å²) in [6, 6.07) is 1.33. The molecular formula is C30H31Cl2F4N3O4. The number of hydrogen-bond donors (Lipinski definition) is 1. The first kappa shape index (κ1) is 30.4. The van der Waals surface area contributed by atoms with Crippen LogP contribution in [-0.4, -0.2) is 50.0 Å². The normalized spacial score (nSPS) is 30.7. The summed E-state index contributed by atoms with van der Waals surface area (Å²) in [4.78, 5) is 40.7. The van der Waals surface area contributed by atoms with Crippen LogP contribution in [0.5, 0.6) is 0 Å². The third-order valence-corrected chi connectivity index (χ3v) is 11.6. The van der Waals surface area contributed by atoms with Gasteiger partial charge >= 0.3 is 12.1 Å². The number of nitrogens with zero attached hydrogens (tertiary/aromatic N) is 3. The predicted octanol–water partition coefficient (Wildman–Crippen LogP) is 7.24. The van der Waals surface area contributed by atoms with Crippen molar-refractivity contribution in [2.24, 2.45) is 22.7 Å². The highest BCUT2D eigenvalue weighted by molar-refractivity contribution is 6.40. The number of benzene rings is 1. The van der Waals surface area contributed by atoms with Crippen molar-refractivity contribution in [3.05, 3.63) is 51.0 Å². The van der Waals surface area contributed by atoms with E-state index < -0.39 is 64.5 Å². The van der Waals surface area contributed by atoms with E-state index in [2.05, 4.69) is 18.9 Å². The Kier molecular flexibility index (Phi) is 7.01. The molecule has 0 radical (unpaired) electrons. The Morgan fingerprint density at radius 1 is 1.02 bits per heavy atom. The molecule has 1 N–H and O–H groups in total. The number of ketones is 1. The number of aliphatic carboxylic acids is 1. The summed E-state index contributed by atoms with van der Waals surface area (Å²) in [5.74, 6) is -2.86. The fourth-order valence-corrected chi connectivity index (χ4v) is 8.91. The molecule has 43 heavy (non-hydrogen) atoms. The van der Waals surface area contributed by atoms with Gasteiger partial charge in [-0.25, -0.2) is 4.39 Å². The molecule has 232 valence electrons. The Morgan fingerprint density at radius 2 is 1.56 bits per heavy atom. The van der Waals surface area contributed by atoms with Crippen LogP contribution in [-0.2, 0) is 16.5 Å². The molecule has 0 spiro atoms. The Morgan fingerprint density at radius 3 is 2.05 bits per heavy atom. The number of carboxylic acids is 1. The standard InChI is InChI=1S/C30H31Cl2F4N3O4/c1-27(2)18-11-16(12-19(18)27)38(14-22(40)23-20(31)9-15(33)10-21(23)32)25(41)17-13-37-39(24(17)30(34,35)36)29-6-3-28(4-7-29,5-8-29)26(42)43/h9-10,13,16,18-19H,3-8,11-12,14H2,1-2H3,(H,42,43)/t16?,18-,19+,28?,29?. The lowest BCUT2D eigenvalue weighted by atomic mass is 9.57. The second kappa shape index (κ2) is 9.92. The van der Waals surface area contributed by atoms with Crippen LogP contribution in [0.1, 0.15) is 91.6 Å². The van der Waals surface area contributed by atoms with Crippen LogP contribution >= 0.6 is 23.2 Å². The van der Waals surface area contributed by atoms with E-state index in [4.69, 9.17) is 23.2 Å². The van der Waals surface area contributed by atoms with E-state index in [1.165, 1.54) is 4.90 Å². The van der Waals surface area contributed by atoms with Gasteiger partial charge in [-0.1, -0.05) is 37.0 Å². The lowest BCUT2D eigenvalue weighted by molar-refractivity contribution is -0.163. The SMILES string of the molecule is CC1(C)[C@@H]2CC(N(CC(=O)c3c(Cl)cc(F)cc3Cl)C(=O)c3cnn(C45CCC(C(=O)O)(CC4)CC5)c3C(F)(F)F)C[C@@H]21. The smallest absolute Gasteiger partial charge is 0.433 e. The van der Waals surface area contributed by atoms with Crippen molar-refractivity contribution < 1.29 is 37.1 Å². The molecule has 5 aliphatic rings. The van der Waals surface area contributed by atoms with E-state index in [1.54, 1.807) is 0 Å². The van der Waals surface area contributed by atoms with Crippen LogP contribution in [0.2, 0.25) is 10.0 Å². The summed E-state index contributed by atoms with van der Waals surface area (Å²) < 4.78 is 59.1. The van der Waals surface area contributed by atoms with Gasteiger partial charge in [0.2, 0.25) is 0 Å². The number of carboxylic acid groups (broad SMARTS) is 1. The van der Waals surface area contributed by atoms with Crippen LogP contribution in [0.25, 0.3) is 0 Å². The number of hydrogen-bond acceptors (Lipinski definition) is 4. The predicted molar refractivity (Wildman–Crippen MR) is 149 cm³/mol. The molecule has 5 fully saturated rings. The van der Waals surface area contributed by atoms with Gasteiger partial charge in [-0.15, -0.1) is 0 Å². The molecule has 7 rings (SSSR count). The molecule has 5 aliphatic carbocycles. The highest BCUT2D eigenvalue weighted by Crippen LogP contribution is 2.67. The lowest BCUT2D eigenvalue weighted by Crippen LogP contribution is -2.52. The van der Waals surface area contributed by atoms with E-state index in [1.807, 2.05) is 0 Å². The first-order valence-corrected chi connectivity index (χ1v) is 15.1. The Balaban J connectivity index is 1.36. The zero-order valence-electron chi connectivity index (χ0n) is 23.6. The summed E-state index contributed by atoms with van der Waals surface area (Å²) in [6.45, 7) is 3.61. The summed E-state index contributed by atoms with van der Waals surface area (Å²) in [5, 5.41) is 13.3. The molecule has 1 unspecified atom stereocenters. The van der Waals surface area contributed by atoms with E-state index in [9.17, 15) is 37.1 Å². The number of Topliss-reactive ketones (excluding diaryl/α,β-unsaturated/α-hetero) is 1. The average Bonchev–Trinajstić information content (AvgIpc) is 3.36. The molecule has 1 amide bonds. The minimum atomic E-state index is -4.95. The maximum atomic E-state index is 14.8. The Labute approximate surface area is 255 Å². The van der Waals surface area contributed by atoms with Gasteiger partial charge in [0.15, 0.2) is 11.5 Å². The van der Waals surface area contributed by atoms with Crippen LogP contribution in [0, 0.1) is 28.5 Å². The van der Waals surface area contributed by atoms with E-state index in [0.29, 0.717) is 12.8 Å². The van der Waals surface area contributed by atoms with Crippen LogP contribution in [0.4, 0.5) is 17.6 Å². The molecule has 5 saturated carbocycles. The van der Waals surface area contributed by atoms with Crippen molar-refractivity contribution in [2.75, 3.05) is 6.54 Å². The Bertz CT molecular complexity index is 1480. The summed E-state index contributed by atoms with van der Waals surface area (Å²) >= 11 is 12.3. The van der Waals surface area contributed by atoms with Gasteiger partial charge in [0.05, 0.1) is 44.9 Å². The summed E-state index contributed by atoms with van der Waals surface area (Å²) in [6.07, 6.45) is -1.71. The second-order valence-electron chi connectivity index (χ2n) is 13.4. The third-order valence-electron chi connectivity index (χ3n) is 11.0. The molecule has 2 aromatic rings. The number of halogens is 6. The number of rotatable bonds is 7. The van der Waals surface area contributed by atoms with Gasteiger partial charge < -0.3 is 10.0 Å². The van der Waals surface area contributed by atoms with Gasteiger partial charge in [-0.05, 0) is 80.8 Å². The number of amides is 1. The zero-order valence-corrected chi connectivity index (χ0v) is 25.1. The van der Waals surface area contributed by atoms with Crippen molar-refractivity contribution in [3.63, 3.8) is 0 Å². The van der Waals surface area contributed by atoms with Gasteiger partial charge in [-0.2, -0.15) is 18.3 Å². The number of aromatic nitrogens is 2. The maximum absolute atomic E-state index is 14.8. The molecule has 0 saturated heterocycles. The number of carbonyl (C=O) groups excluding carboxylic acids is 2. The lowest BCUT2D eigenvalue weighted by Gasteiger charge is -2.51. The largest absolute Gasteiger partial charge is 0.481 e. The Hall–Kier alpha value is -2.66. The third kappa shape index (κ3) is 4.76. The highest BCUT2D eigenvalue weighted by Gasteiger charge is 2.63. The molecule has 7 nitrogen and oxygen atoms in total. The van der Waals surface area contributed by atoms with Crippen molar-refractivity contribution in [2.45, 2.75) is 83.0 Å². The van der Waals surface area contributed by atoms with Crippen molar-refractivity contribution in [1.29, 1.82) is 0 Å². The monoisotopic (exact) mass is 643 g/mol. The second-order valence-corrected chi connectivity index (χ2v) is 14.2. The molecule has 13 heteroatoms. The van der Waals surface area contributed by atoms with E-state index in [0.717, 1.165) is 23.0 Å². The summed E-state index contributed by atoms with van der Waals surface area (Å²) in [7, 11) is 0. The van der Waals surface area contributed by atoms with Crippen LogP contribution in [0.15, 0.2) is 18.3 Å². The number of alkyl halides is 3. The van der Waals surface area contributed by atoms with Crippen LogP contribution < -0.4 is 0 Å². The number of fused-ring (bicyclic) bond motifs is 4. The molecule has 1 heterocycles. The van der Waals surface area contributed by atoms with Crippen molar-refractivity contribution in [1.82, 2.24) is 14.7 Å². The van der Waals surface area contributed by atoms with E-state index >= 15 is 0 Å². The minimum absolute atomic E-state index is 0.0487. The average molecular weight is 644 g/mol. The molecule has 3 atom stereocenters. The molecular weight excluding hydrogens is 613 g/mol. The maximum Gasteiger partial charge on any atom is 0.433 e. The van der Waals surface area contributed by atoms with Gasteiger partial charge in [0.25, 0.3) is 5.91 Å². The zero-order chi connectivity index (χ0) is 31.3. The first-order chi connectivity index (χ1) is 20.0. The molecule has 1 aromatic heterocycles. The van der Waals surface area contributed by atoms with Crippen molar-refractivity contribution >= 4 is 40.9 Å². The van der Waals surface area contributed by atoms with Gasteiger partial charge in [-0.3, -0.25) is 19.1 Å². The van der Waals surface area contributed by atoms with Crippen LogP contribution in [0.3, 0.4) is 0 Å². The minimum Gasteiger partial charge on any atom is -0.481 e.